The van der Waals surface area contributed by atoms with Crippen LogP contribution in [0.5, 0.6) is 0 Å². The Morgan fingerprint density at radius 2 is 1.55 bits per heavy atom. The van der Waals surface area contributed by atoms with Crippen LogP contribution in [0.25, 0.3) is 10.4 Å². The Balaban J connectivity index is -0.000000407. The second-order valence-corrected chi connectivity index (χ2v) is 4.80. The number of nitrogens with zero attached hydrogens (tertiary/aromatic N) is 4. The number of nitrogens with one attached hydrogen (secondary N) is 1. The summed E-state index contributed by atoms with van der Waals surface area (Å²) in [6, 6.07) is -2.21. The van der Waals surface area contributed by atoms with Crippen LogP contribution in [0.15, 0.2) is 10.2 Å². The number of aliphatic carboxylic acids is 4. The highest BCUT2D eigenvalue weighted by atomic mass is 16.4. The molecule has 17 nitrogen and oxygen atoms in total. The van der Waals surface area contributed by atoms with E-state index in [1.165, 1.54) is 0 Å². The molecule has 0 aromatic heterocycles. The third kappa shape index (κ3) is 26.5. The lowest BCUT2D eigenvalue weighted by Crippen LogP contribution is -2.33. The van der Waals surface area contributed by atoms with Crippen molar-refractivity contribution in [2.75, 3.05) is 13.1 Å². The summed E-state index contributed by atoms with van der Waals surface area (Å²) in [6.07, 6.45) is 0.212. The predicted molar refractivity (Wildman–Crippen MR) is 98.2 cm³/mol. The van der Waals surface area contributed by atoms with Gasteiger partial charge in [0.2, 0.25) is 0 Å². The Kier molecular flexibility index (Phi) is 19.6. The van der Waals surface area contributed by atoms with Crippen LogP contribution >= 0.6 is 0 Å². The van der Waals surface area contributed by atoms with Crippen LogP contribution < -0.4 is 28.4 Å². The van der Waals surface area contributed by atoms with Crippen molar-refractivity contribution in [2.24, 2.45) is 33.2 Å². The van der Waals surface area contributed by atoms with Crippen molar-refractivity contribution >= 4 is 29.8 Å². The zero-order valence-electron chi connectivity index (χ0n) is 15.2. The lowest BCUT2D eigenvalue weighted by Gasteiger charge is -2.06. The lowest BCUT2D eigenvalue weighted by atomic mass is 10.2. The first-order valence-corrected chi connectivity index (χ1v) is 7.58. The summed E-state index contributed by atoms with van der Waals surface area (Å²) in [7, 11) is 0. The fourth-order valence-corrected chi connectivity index (χ4v) is 1.12. The number of carboxylic acids is 4. The Hall–Kier alpha value is -3.82. The van der Waals surface area contributed by atoms with Gasteiger partial charge in [-0.3, -0.25) is 19.4 Å². The highest BCUT2D eigenvalue weighted by molar-refractivity contribution is 5.80. The molecule has 0 heterocycles. The smallest absolute Gasteiger partial charge is 0.349 e. The van der Waals surface area contributed by atoms with Gasteiger partial charge in [0, 0.05) is 13.0 Å². The van der Waals surface area contributed by atoms with Crippen LogP contribution in [0.4, 0.5) is 0 Å². The van der Waals surface area contributed by atoms with Crippen LogP contribution in [-0.2, 0) is 19.2 Å². The molecule has 0 spiro atoms. The van der Waals surface area contributed by atoms with Gasteiger partial charge in [0.25, 0.3) is 0 Å². The number of carbonyl (C=O) groups is 4. The number of rotatable bonds is 11. The molecule has 166 valence electrons. The maximum atomic E-state index is 10.6. The van der Waals surface area contributed by atoms with Gasteiger partial charge in [0.05, 0.1) is 13.0 Å². The van der Waals surface area contributed by atoms with E-state index in [9.17, 15) is 19.2 Å². The molecular weight excluding hydrogens is 398 g/mol. The summed E-state index contributed by atoms with van der Waals surface area (Å²) >= 11 is 0. The van der Waals surface area contributed by atoms with Crippen molar-refractivity contribution in [2.45, 2.75) is 31.3 Å². The molecule has 0 saturated heterocycles. The molecule has 0 rings (SSSR count). The van der Waals surface area contributed by atoms with Gasteiger partial charge in [-0.2, -0.15) is 4.91 Å². The van der Waals surface area contributed by atoms with Crippen molar-refractivity contribution in [1.82, 2.24) is 5.43 Å². The normalized spacial score (nSPS) is 10.8. The summed E-state index contributed by atoms with van der Waals surface area (Å²) in [5.41, 5.74) is 29.7. The second kappa shape index (κ2) is 19.0. The van der Waals surface area contributed by atoms with Crippen molar-refractivity contribution < 1.29 is 39.6 Å². The van der Waals surface area contributed by atoms with Crippen LogP contribution in [0.1, 0.15) is 19.3 Å². The lowest BCUT2D eigenvalue weighted by molar-refractivity contribution is -0.144. The Bertz CT molecular complexity index is 602. The molecule has 13 N–H and O–H groups in total. The minimum atomic E-state index is -1.29. The van der Waals surface area contributed by atoms with Crippen LogP contribution in [0.3, 0.4) is 0 Å². The minimum absolute atomic E-state index is 0.0371. The fourth-order valence-electron chi connectivity index (χ4n) is 1.12. The second-order valence-electron chi connectivity index (χ2n) is 4.80. The van der Waals surface area contributed by atoms with Gasteiger partial charge in [0.15, 0.2) is 12.0 Å². The Labute approximate surface area is 163 Å². The van der Waals surface area contributed by atoms with Crippen LogP contribution in [0.2, 0.25) is 0 Å². The average Bonchev–Trinajstić information content (AvgIpc) is 2.60. The first kappa shape index (κ1) is 29.9. The van der Waals surface area contributed by atoms with Gasteiger partial charge in [0.1, 0.15) is 6.04 Å². The van der Waals surface area contributed by atoms with Crippen LogP contribution in [0, 0.1) is 0 Å². The minimum Gasteiger partial charge on any atom is -0.481 e. The number of nitrogens with two attached hydrogens (primary N) is 4. The Morgan fingerprint density at radius 1 is 1.03 bits per heavy atom. The van der Waals surface area contributed by atoms with Crippen molar-refractivity contribution in [1.29, 1.82) is 0 Å². The Morgan fingerprint density at radius 3 is 1.83 bits per heavy atom. The highest BCUT2D eigenvalue weighted by Crippen LogP contribution is 1.98. The van der Waals surface area contributed by atoms with Crippen molar-refractivity contribution in [3.8, 4) is 0 Å². The molecule has 0 aliphatic heterocycles. The topological polar surface area (TPSA) is 326 Å². The summed E-state index contributed by atoms with van der Waals surface area (Å²) in [6.45, 7) is 0.0596. The molecule has 0 aromatic carbocycles. The van der Waals surface area contributed by atoms with Gasteiger partial charge < -0.3 is 43.4 Å². The average molecular weight is 423 g/mol. The molecular formula is C12H25N9O8. The fraction of sp³-hybridized carbons (Fsp3) is 0.583. The van der Waals surface area contributed by atoms with E-state index < -0.39 is 42.4 Å². The molecule has 0 aromatic rings. The summed E-state index contributed by atoms with van der Waals surface area (Å²) in [5.74, 6) is -4.59. The first-order valence-electron chi connectivity index (χ1n) is 7.58. The summed E-state index contributed by atoms with van der Waals surface area (Å²) in [5, 5.41) is 35.3. The summed E-state index contributed by atoms with van der Waals surface area (Å²) in [4.78, 5) is 45.5. The molecule has 0 aliphatic carbocycles. The van der Waals surface area contributed by atoms with E-state index in [-0.39, 0.29) is 18.9 Å². The van der Waals surface area contributed by atoms with Gasteiger partial charge in [-0.05, 0) is 11.6 Å². The molecule has 0 amide bonds. The third-order valence-corrected chi connectivity index (χ3v) is 2.39. The standard InChI is InChI=1S/C6H13N7O2.C4H7NO4.C2H5NO2/c7-6(8)10-3-1-2-4(5(14)15)11-13-12-9;5-2(4(8)9)1-3(6)7;3-1-2(4)5/h4,11H,1-3H2,(H,14,15)(H4,7,8,10);2H,1,5H2,(H,6,7)(H,8,9);1,3H2,(H,4,5). The monoisotopic (exact) mass is 423 g/mol. The molecule has 2 unspecified atom stereocenters. The van der Waals surface area contributed by atoms with Crippen molar-refractivity contribution in [3.05, 3.63) is 10.4 Å². The quantitative estimate of drug-likeness (QED) is 0.0309. The number of hydrogen-bond donors (Lipinski definition) is 9. The number of guanidine groups is 1. The van der Waals surface area contributed by atoms with Crippen molar-refractivity contribution in [3.63, 3.8) is 0 Å². The number of aliphatic imine (C=N–C) groups is 1. The van der Waals surface area contributed by atoms with E-state index >= 15 is 0 Å². The van der Waals surface area contributed by atoms with E-state index in [4.69, 9.17) is 43.2 Å². The van der Waals surface area contributed by atoms with E-state index in [1.54, 1.807) is 0 Å². The molecule has 2 atom stereocenters. The molecule has 0 aliphatic rings. The zero-order chi connectivity index (χ0) is 23.4. The summed E-state index contributed by atoms with van der Waals surface area (Å²) < 4.78 is 0. The van der Waals surface area contributed by atoms with E-state index in [0.29, 0.717) is 13.0 Å². The van der Waals surface area contributed by atoms with Gasteiger partial charge in [-0.1, -0.05) is 0 Å². The molecule has 0 fully saturated rings. The SMILES string of the molecule is NC(CC(=O)O)C(=O)O.NCC(=O)O.[N-]=[N+]=NNC(CCCN=C(N)N)C(=O)O. The highest BCUT2D eigenvalue weighted by Gasteiger charge is 2.18. The van der Waals surface area contributed by atoms with E-state index in [2.05, 4.69) is 26.3 Å². The predicted octanol–water partition coefficient (Wildman–Crippen LogP) is -2.79. The number of hydrogen-bond acceptors (Lipinski definition) is 8. The van der Waals surface area contributed by atoms with E-state index in [0.717, 1.165) is 0 Å². The van der Waals surface area contributed by atoms with Crippen LogP contribution in [-0.4, -0.2) is 75.4 Å². The van der Waals surface area contributed by atoms with Gasteiger partial charge in [-0.25, -0.2) is 10.2 Å². The van der Waals surface area contributed by atoms with Gasteiger partial charge >= 0.3 is 23.9 Å². The molecule has 0 radical (unpaired) electrons. The maximum Gasteiger partial charge on any atom is 0.349 e. The number of azide groups is 1. The number of carboxylic acid groups (broad SMARTS) is 4. The van der Waals surface area contributed by atoms with Gasteiger partial charge in [-0.15, -0.1) is 5.53 Å². The zero-order valence-corrected chi connectivity index (χ0v) is 15.2. The molecule has 29 heavy (non-hydrogen) atoms. The molecule has 0 saturated carbocycles. The largest absolute Gasteiger partial charge is 0.481 e. The van der Waals surface area contributed by atoms with E-state index in [1.807, 2.05) is 0 Å². The molecule has 0 bridgehead atoms. The molecule has 17 heteroatoms. The first-order chi connectivity index (χ1) is 13.4. The third-order valence-electron chi connectivity index (χ3n) is 2.39. The maximum absolute atomic E-state index is 10.6.